The van der Waals surface area contributed by atoms with E-state index in [0.29, 0.717) is 0 Å². The zero-order chi connectivity index (χ0) is 18.1. The van der Waals surface area contributed by atoms with E-state index in [2.05, 4.69) is 77.1 Å². The van der Waals surface area contributed by atoms with E-state index in [0.717, 1.165) is 47.0 Å². The Kier molecular flexibility index (Phi) is 4.61. The molecule has 1 aliphatic carbocycles. The van der Waals surface area contributed by atoms with Crippen LogP contribution >= 0.6 is 11.3 Å². The Morgan fingerprint density at radius 1 is 1.31 bits per heavy atom. The number of likely N-dealkylation sites (N-methyl/N-ethyl adjacent to an activating group) is 1. The van der Waals surface area contributed by atoms with Crippen molar-refractivity contribution in [1.29, 1.82) is 0 Å². The number of allylic oxidation sites excluding steroid dienone is 6. The first-order valence-corrected chi connectivity index (χ1v) is 9.65. The third kappa shape index (κ3) is 3.18. The second kappa shape index (κ2) is 7.05. The molecule has 0 aliphatic heterocycles. The van der Waals surface area contributed by atoms with Crippen molar-refractivity contribution in [3.63, 3.8) is 0 Å². The van der Waals surface area contributed by atoms with Crippen molar-refractivity contribution >= 4 is 38.7 Å². The molecule has 3 aromatic heterocycles. The van der Waals surface area contributed by atoms with Gasteiger partial charge in [-0.2, -0.15) is 0 Å². The molecule has 0 spiro atoms. The number of nitrogens with one attached hydrogen (secondary N) is 1. The summed E-state index contributed by atoms with van der Waals surface area (Å²) in [6.07, 6.45) is 13.7. The SMILES string of the molecule is Cc1cnc2c(NCCN(C)C)nc3cc(C4=CC=CCC=C4)sc3n12. The first-order chi connectivity index (χ1) is 12.6. The van der Waals surface area contributed by atoms with E-state index < -0.39 is 0 Å². The maximum absolute atomic E-state index is 4.88. The maximum atomic E-state index is 4.88. The summed E-state index contributed by atoms with van der Waals surface area (Å²) in [4.78, 5) is 14.0. The minimum atomic E-state index is 0.836. The van der Waals surface area contributed by atoms with Crippen LogP contribution in [0, 0.1) is 6.92 Å². The Hall–Kier alpha value is -2.44. The summed E-state index contributed by atoms with van der Waals surface area (Å²) in [5.74, 6) is 0.849. The van der Waals surface area contributed by atoms with Crippen molar-refractivity contribution in [2.24, 2.45) is 0 Å². The van der Waals surface area contributed by atoms with Gasteiger partial charge < -0.3 is 10.2 Å². The Bertz CT molecular complexity index is 1040. The van der Waals surface area contributed by atoms with Gasteiger partial charge in [0.25, 0.3) is 0 Å². The van der Waals surface area contributed by atoms with Gasteiger partial charge >= 0.3 is 0 Å². The molecule has 0 amide bonds. The van der Waals surface area contributed by atoms with Gasteiger partial charge in [0, 0.05) is 29.9 Å². The molecule has 1 N–H and O–H groups in total. The van der Waals surface area contributed by atoms with Gasteiger partial charge in [-0.15, -0.1) is 11.3 Å². The molecule has 0 fully saturated rings. The fourth-order valence-corrected chi connectivity index (χ4v) is 4.21. The lowest BCUT2D eigenvalue weighted by molar-refractivity contribution is 0.425. The van der Waals surface area contributed by atoms with Crippen LogP contribution < -0.4 is 5.32 Å². The largest absolute Gasteiger partial charge is 0.366 e. The van der Waals surface area contributed by atoms with Gasteiger partial charge in [0.05, 0.1) is 0 Å². The molecule has 6 heteroatoms. The molecule has 0 atom stereocenters. The summed E-state index contributed by atoms with van der Waals surface area (Å²) in [5.41, 5.74) is 4.26. The summed E-state index contributed by atoms with van der Waals surface area (Å²) in [6, 6.07) is 2.19. The van der Waals surface area contributed by atoms with Gasteiger partial charge in [0.15, 0.2) is 11.5 Å². The molecule has 0 aromatic carbocycles. The van der Waals surface area contributed by atoms with E-state index in [4.69, 9.17) is 4.98 Å². The number of rotatable bonds is 5. The van der Waals surface area contributed by atoms with Gasteiger partial charge in [-0.3, -0.25) is 4.40 Å². The topological polar surface area (TPSA) is 45.5 Å². The lowest BCUT2D eigenvalue weighted by atomic mass is 10.2. The smallest absolute Gasteiger partial charge is 0.181 e. The number of fused-ring (bicyclic) bond motifs is 3. The van der Waals surface area contributed by atoms with Gasteiger partial charge in [-0.25, -0.2) is 9.97 Å². The standard InChI is InChI=1S/C20H23N5S/c1-14-13-22-19-18(21-10-11-24(2)3)23-16-12-17(26-20(16)25(14)19)15-8-6-4-5-7-9-15/h4,6-9,12-13H,5,10-11H2,1-3H3,(H,21,23). The predicted molar refractivity (Wildman–Crippen MR) is 111 cm³/mol. The molecule has 3 heterocycles. The highest BCUT2D eigenvalue weighted by atomic mass is 32.1. The molecule has 0 radical (unpaired) electrons. The zero-order valence-corrected chi connectivity index (χ0v) is 16.2. The Labute approximate surface area is 157 Å². The number of aromatic nitrogens is 3. The second-order valence-corrected chi connectivity index (χ2v) is 7.77. The molecule has 0 saturated carbocycles. The molecule has 1 aliphatic rings. The summed E-state index contributed by atoms with van der Waals surface area (Å²) in [6.45, 7) is 3.88. The minimum Gasteiger partial charge on any atom is -0.366 e. The zero-order valence-electron chi connectivity index (χ0n) is 15.4. The Morgan fingerprint density at radius 2 is 2.19 bits per heavy atom. The second-order valence-electron chi connectivity index (χ2n) is 6.74. The highest BCUT2D eigenvalue weighted by molar-refractivity contribution is 7.19. The molecular weight excluding hydrogens is 342 g/mol. The molecule has 3 aromatic rings. The van der Waals surface area contributed by atoms with Crippen molar-refractivity contribution in [3.05, 3.63) is 53.2 Å². The van der Waals surface area contributed by atoms with Crippen LogP contribution in [0.3, 0.4) is 0 Å². The average molecular weight is 366 g/mol. The van der Waals surface area contributed by atoms with E-state index in [1.54, 1.807) is 11.3 Å². The van der Waals surface area contributed by atoms with Crippen molar-refractivity contribution < 1.29 is 0 Å². The van der Waals surface area contributed by atoms with E-state index in [1.807, 2.05) is 6.20 Å². The molecule has 0 bridgehead atoms. The fraction of sp³-hybridized carbons (Fsp3) is 0.300. The number of hydrogen-bond donors (Lipinski definition) is 1. The van der Waals surface area contributed by atoms with Gasteiger partial charge in [-0.05, 0) is 39.1 Å². The third-order valence-electron chi connectivity index (χ3n) is 4.40. The van der Waals surface area contributed by atoms with E-state index in [1.165, 1.54) is 10.5 Å². The van der Waals surface area contributed by atoms with E-state index in [-0.39, 0.29) is 0 Å². The van der Waals surface area contributed by atoms with Crippen molar-refractivity contribution in [2.45, 2.75) is 13.3 Å². The molecule has 0 saturated heterocycles. The monoisotopic (exact) mass is 365 g/mol. The minimum absolute atomic E-state index is 0.836. The van der Waals surface area contributed by atoms with Gasteiger partial charge in [0.1, 0.15) is 10.3 Å². The summed E-state index contributed by atoms with van der Waals surface area (Å²) < 4.78 is 2.21. The highest BCUT2D eigenvalue weighted by Crippen LogP contribution is 2.33. The average Bonchev–Trinajstić information content (AvgIpc) is 3.08. The number of anilines is 1. The third-order valence-corrected chi connectivity index (χ3v) is 5.55. The van der Waals surface area contributed by atoms with Crippen LogP contribution in [0.2, 0.25) is 0 Å². The normalized spacial score (nSPS) is 14.4. The number of hydrogen-bond acceptors (Lipinski definition) is 5. The van der Waals surface area contributed by atoms with Gasteiger partial charge in [0.2, 0.25) is 0 Å². The van der Waals surface area contributed by atoms with Crippen LogP contribution in [-0.4, -0.2) is 46.5 Å². The lowest BCUT2D eigenvalue weighted by Gasteiger charge is -2.12. The number of nitrogens with zero attached hydrogens (tertiary/aromatic N) is 4. The summed E-state index contributed by atoms with van der Waals surface area (Å²) in [5, 5.41) is 3.45. The first kappa shape index (κ1) is 17.0. The fourth-order valence-electron chi connectivity index (χ4n) is 3.05. The molecule has 26 heavy (non-hydrogen) atoms. The summed E-state index contributed by atoms with van der Waals surface area (Å²) >= 11 is 1.77. The Balaban J connectivity index is 1.81. The maximum Gasteiger partial charge on any atom is 0.181 e. The number of imidazole rings is 1. The quantitative estimate of drug-likeness (QED) is 0.739. The molecule has 0 unspecified atom stereocenters. The van der Waals surface area contributed by atoms with Gasteiger partial charge in [-0.1, -0.05) is 30.4 Å². The van der Waals surface area contributed by atoms with E-state index in [9.17, 15) is 0 Å². The van der Waals surface area contributed by atoms with Crippen LogP contribution in [-0.2, 0) is 0 Å². The highest BCUT2D eigenvalue weighted by Gasteiger charge is 2.15. The predicted octanol–water partition coefficient (Wildman–Crippen LogP) is 4.13. The molecule has 5 nitrogen and oxygen atoms in total. The number of thiophene rings is 1. The number of aryl methyl sites for hydroxylation is 1. The Morgan fingerprint density at radius 3 is 3.04 bits per heavy atom. The van der Waals surface area contributed by atoms with Crippen molar-refractivity contribution in [1.82, 2.24) is 19.3 Å². The summed E-state index contributed by atoms with van der Waals surface area (Å²) in [7, 11) is 4.14. The molecule has 4 rings (SSSR count). The first-order valence-electron chi connectivity index (χ1n) is 8.83. The van der Waals surface area contributed by atoms with Crippen LogP contribution in [0.5, 0.6) is 0 Å². The van der Waals surface area contributed by atoms with Crippen LogP contribution in [0.15, 0.2) is 42.6 Å². The van der Waals surface area contributed by atoms with Crippen LogP contribution in [0.25, 0.3) is 21.6 Å². The van der Waals surface area contributed by atoms with Crippen molar-refractivity contribution in [2.75, 3.05) is 32.5 Å². The van der Waals surface area contributed by atoms with Crippen LogP contribution in [0.1, 0.15) is 17.0 Å². The van der Waals surface area contributed by atoms with E-state index >= 15 is 0 Å². The molecule has 134 valence electrons. The lowest BCUT2D eigenvalue weighted by Crippen LogP contribution is -2.21. The van der Waals surface area contributed by atoms with Crippen LogP contribution in [0.4, 0.5) is 5.82 Å². The van der Waals surface area contributed by atoms with Crippen molar-refractivity contribution in [3.8, 4) is 0 Å². The molecular formula is C20H23N5S.